The Morgan fingerprint density at radius 3 is 2.96 bits per heavy atom. The van der Waals surface area contributed by atoms with Crippen molar-refractivity contribution < 1.29 is 13.5 Å². The summed E-state index contributed by atoms with van der Waals surface area (Å²) in [5, 5.41) is 7.42. The number of nitrogens with one attached hydrogen (secondary N) is 2. The molecule has 1 heterocycles. The van der Waals surface area contributed by atoms with Crippen molar-refractivity contribution in [3.05, 3.63) is 48.0 Å². The number of hydrogen-bond donors (Lipinski definition) is 2. The van der Waals surface area contributed by atoms with Crippen LogP contribution in [0.25, 0.3) is 11.3 Å². The minimum Gasteiger partial charge on any atom is -0.455 e. The largest absolute Gasteiger partial charge is 0.455 e. The molecule has 1 aromatic carbocycles. The summed E-state index contributed by atoms with van der Waals surface area (Å²) < 4.78 is 24.5. The van der Waals surface area contributed by atoms with E-state index in [-0.39, 0.29) is 5.82 Å². The zero-order valence-corrected chi connectivity index (χ0v) is 14.2. The third kappa shape index (κ3) is 5.75. The number of halogens is 1. The van der Waals surface area contributed by atoms with E-state index in [0.29, 0.717) is 42.0 Å². The zero-order valence-electron chi connectivity index (χ0n) is 13.4. The number of benzene rings is 1. The molecule has 0 aliphatic carbocycles. The lowest BCUT2D eigenvalue weighted by Crippen LogP contribution is -2.33. The molecule has 7 heteroatoms. The Morgan fingerprint density at radius 2 is 2.17 bits per heavy atom. The van der Waals surface area contributed by atoms with E-state index in [9.17, 15) is 4.39 Å². The maximum atomic E-state index is 13.7. The lowest BCUT2D eigenvalue weighted by Gasteiger charge is -2.06. The Hall–Kier alpha value is -2.25. The summed E-state index contributed by atoms with van der Waals surface area (Å²) >= 11 is 5.09. The van der Waals surface area contributed by atoms with Gasteiger partial charge in [-0.05, 0) is 49.8 Å². The van der Waals surface area contributed by atoms with Gasteiger partial charge in [0.2, 0.25) is 0 Å². The number of ether oxygens (including phenoxy) is 1. The molecule has 5 nitrogen and oxygen atoms in total. The van der Waals surface area contributed by atoms with E-state index in [2.05, 4.69) is 15.8 Å². The Balaban J connectivity index is 1.79. The van der Waals surface area contributed by atoms with Gasteiger partial charge in [0.25, 0.3) is 0 Å². The lowest BCUT2D eigenvalue weighted by molar-refractivity contribution is 0.145. The fourth-order valence-electron chi connectivity index (χ4n) is 1.94. The van der Waals surface area contributed by atoms with Crippen molar-refractivity contribution >= 4 is 23.5 Å². The summed E-state index contributed by atoms with van der Waals surface area (Å²) in [6, 6.07) is 9.86. The minimum atomic E-state index is -0.328. The first-order valence-electron chi connectivity index (χ1n) is 7.70. The third-order valence-corrected chi connectivity index (χ3v) is 3.31. The molecule has 24 heavy (non-hydrogen) atoms. The van der Waals surface area contributed by atoms with Crippen molar-refractivity contribution in [3.8, 4) is 11.3 Å². The average Bonchev–Trinajstić information content (AvgIpc) is 3.04. The number of hydrogen-bond acceptors (Lipinski definition) is 4. The van der Waals surface area contributed by atoms with E-state index in [0.717, 1.165) is 6.42 Å². The normalized spacial score (nSPS) is 10.9. The van der Waals surface area contributed by atoms with Gasteiger partial charge in [0.15, 0.2) is 5.11 Å². The third-order valence-electron chi connectivity index (χ3n) is 3.08. The van der Waals surface area contributed by atoms with Gasteiger partial charge in [0, 0.05) is 19.8 Å². The second-order valence-corrected chi connectivity index (χ2v) is 5.27. The molecular weight excluding hydrogens is 329 g/mol. The predicted octanol–water partition coefficient (Wildman–Crippen LogP) is 3.31. The summed E-state index contributed by atoms with van der Waals surface area (Å²) in [7, 11) is 0. The van der Waals surface area contributed by atoms with Crippen molar-refractivity contribution in [2.45, 2.75) is 13.3 Å². The molecule has 2 N–H and O–H groups in total. The van der Waals surface area contributed by atoms with E-state index in [1.165, 1.54) is 12.3 Å². The summed E-state index contributed by atoms with van der Waals surface area (Å²) in [6.45, 7) is 4.08. The molecule has 1 aromatic heterocycles. The van der Waals surface area contributed by atoms with Crippen LogP contribution in [0.1, 0.15) is 19.1 Å². The monoisotopic (exact) mass is 349 g/mol. The molecule has 0 atom stereocenters. The molecule has 0 bridgehead atoms. The van der Waals surface area contributed by atoms with Crippen molar-refractivity contribution in [3.63, 3.8) is 0 Å². The predicted molar refractivity (Wildman–Crippen MR) is 96.5 cm³/mol. The number of hydrazone groups is 1. The first kappa shape index (κ1) is 18.1. The molecule has 0 amide bonds. The summed E-state index contributed by atoms with van der Waals surface area (Å²) in [6.07, 6.45) is 2.35. The Bertz CT molecular complexity index is 688. The highest BCUT2D eigenvalue weighted by molar-refractivity contribution is 7.80. The Morgan fingerprint density at radius 1 is 1.33 bits per heavy atom. The Labute approximate surface area is 145 Å². The topological polar surface area (TPSA) is 58.8 Å². The van der Waals surface area contributed by atoms with Crippen LogP contribution in [0, 0.1) is 5.82 Å². The van der Waals surface area contributed by atoms with Crippen LogP contribution in [0.2, 0.25) is 0 Å². The van der Waals surface area contributed by atoms with Crippen LogP contribution >= 0.6 is 12.2 Å². The van der Waals surface area contributed by atoms with Gasteiger partial charge in [-0.3, -0.25) is 5.43 Å². The highest BCUT2D eigenvalue weighted by Crippen LogP contribution is 2.24. The van der Waals surface area contributed by atoms with Crippen molar-refractivity contribution in [2.24, 2.45) is 5.10 Å². The highest BCUT2D eigenvalue weighted by atomic mass is 32.1. The van der Waals surface area contributed by atoms with Crippen molar-refractivity contribution in [1.82, 2.24) is 10.7 Å². The maximum Gasteiger partial charge on any atom is 0.186 e. The smallest absolute Gasteiger partial charge is 0.186 e. The van der Waals surface area contributed by atoms with E-state index in [1.54, 1.807) is 30.3 Å². The zero-order chi connectivity index (χ0) is 17.2. The number of thiocarbonyl (C=S) groups is 1. The molecule has 2 rings (SSSR count). The summed E-state index contributed by atoms with van der Waals surface area (Å²) in [5.74, 6) is 0.622. The standard InChI is InChI=1S/C17H20FN3O2S/c1-2-22-11-5-10-19-17(24)21-20-12-13-8-9-16(23-13)14-6-3-4-7-15(14)18/h3-4,6-9,12H,2,5,10-11H2,1H3,(H2,19,21,24)/b20-12-. The molecule has 128 valence electrons. The van der Waals surface area contributed by atoms with Crippen LogP contribution in [-0.4, -0.2) is 31.1 Å². The van der Waals surface area contributed by atoms with Crippen molar-refractivity contribution in [1.29, 1.82) is 0 Å². The van der Waals surface area contributed by atoms with Gasteiger partial charge in [-0.1, -0.05) is 12.1 Å². The average molecular weight is 349 g/mol. The SMILES string of the molecule is CCOCCCNC(=S)N/N=C\c1ccc(-c2ccccc2F)o1. The molecule has 0 unspecified atom stereocenters. The molecule has 0 aliphatic heterocycles. The van der Waals surface area contributed by atoms with Crippen LogP contribution in [-0.2, 0) is 4.74 Å². The maximum absolute atomic E-state index is 13.7. The highest BCUT2D eigenvalue weighted by Gasteiger charge is 2.08. The molecular formula is C17H20FN3O2S. The second-order valence-electron chi connectivity index (χ2n) is 4.86. The van der Waals surface area contributed by atoms with Gasteiger partial charge >= 0.3 is 0 Å². The number of furan rings is 1. The second kappa shape index (κ2) is 9.79. The first-order chi connectivity index (χ1) is 11.7. The van der Waals surface area contributed by atoms with Crippen LogP contribution in [0.3, 0.4) is 0 Å². The van der Waals surface area contributed by atoms with E-state index >= 15 is 0 Å². The lowest BCUT2D eigenvalue weighted by atomic mass is 10.1. The van der Waals surface area contributed by atoms with E-state index in [4.69, 9.17) is 21.4 Å². The van der Waals surface area contributed by atoms with Crippen LogP contribution in [0.15, 0.2) is 45.9 Å². The first-order valence-corrected chi connectivity index (χ1v) is 8.11. The van der Waals surface area contributed by atoms with E-state index < -0.39 is 0 Å². The molecule has 0 fully saturated rings. The van der Waals surface area contributed by atoms with Gasteiger partial charge < -0.3 is 14.5 Å². The van der Waals surface area contributed by atoms with Gasteiger partial charge in [0.05, 0.1) is 11.8 Å². The summed E-state index contributed by atoms with van der Waals surface area (Å²) in [5.41, 5.74) is 3.11. The molecule has 0 saturated heterocycles. The molecule has 0 spiro atoms. The quantitative estimate of drug-likeness (QED) is 0.331. The van der Waals surface area contributed by atoms with Crippen molar-refractivity contribution in [2.75, 3.05) is 19.8 Å². The van der Waals surface area contributed by atoms with Gasteiger partial charge in [-0.25, -0.2) is 4.39 Å². The van der Waals surface area contributed by atoms with Gasteiger partial charge in [0.1, 0.15) is 17.3 Å². The molecule has 0 aliphatic rings. The fourth-order valence-corrected chi connectivity index (χ4v) is 2.10. The molecule has 2 aromatic rings. The van der Waals surface area contributed by atoms with Gasteiger partial charge in [-0.15, -0.1) is 0 Å². The van der Waals surface area contributed by atoms with Crippen LogP contribution in [0.4, 0.5) is 4.39 Å². The van der Waals surface area contributed by atoms with Gasteiger partial charge in [-0.2, -0.15) is 5.10 Å². The number of nitrogens with zero attached hydrogens (tertiary/aromatic N) is 1. The fraction of sp³-hybridized carbons (Fsp3) is 0.294. The van der Waals surface area contributed by atoms with Crippen LogP contribution < -0.4 is 10.7 Å². The Kier molecular flexibility index (Phi) is 7.38. The number of rotatable bonds is 8. The van der Waals surface area contributed by atoms with E-state index in [1.807, 2.05) is 6.92 Å². The molecule has 0 radical (unpaired) electrons. The summed E-state index contributed by atoms with van der Waals surface area (Å²) in [4.78, 5) is 0. The van der Waals surface area contributed by atoms with Crippen LogP contribution in [0.5, 0.6) is 0 Å². The molecule has 0 saturated carbocycles. The minimum absolute atomic E-state index is 0.328.